The van der Waals surface area contributed by atoms with Crippen molar-refractivity contribution >= 4 is 31.5 Å². The van der Waals surface area contributed by atoms with Gasteiger partial charge in [-0.25, -0.2) is 8.42 Å². The van der Waals surface area contributed by atoms with Crippen molar-refractivity contribution in [3.8, 4) is 0 Å². The first-order valence-electron chi connectivity index (χ1n) is 4.18. The Kier molecular flexibility index (Phi) is 3.55. The number of hydrogen-bond donors (Lipinski definition) is 1. The van der Waals surface area contributed by atoms with E-state index in [4.69, 9.17) is 5.73 Å². The summed E-state index contributed by atoms with van der Waals surface area (Å²) in [4.78, 5) is 0. The van der Waals surface area contributed by atoms with Gasteiger partial charge < -0.3 is 5.73 Å². The minimum absolute atomic E-state index is 0.0487. The highest BCUT2D eigenvalue weighted by Crippen LogP contribution is 2.19. The molecule has 0 aromatic heterocycles. The van der Waals surface area contributed by atoms with Gasteiger partial charge in [0.25, 0.3) is 0 Å². The molecule has 0 fully saturated rings. The summed E-state index contributed by atoms with van der Waals surface area (Å²) in [7, 11) is -2.98. The third-order valence-electron chi connectivity index (χ3n) is 1.81. The predicted octanol–water partition coefficient (Wildman–Crippen LogP) is 1.97. The van der Waals surface area contributed by atoms with Gasteiger partial charge in [-0.15, -0.1) is 0 Å². The van der Waals surface area contributed by atoms with Gasteiger partial charge in [-0.1, -0.05) is 22.9 Å². The summed E-state index contributed by atoms with van der Waals surface area (Å²) >= 11 is 3.27. The third-order valence-corrected chi connectivity index (χ3v) is 3.92. The fourth-order valence-electron chi connectivity index (χ4n) is 1.11. The first-order valence-corrected chi connectivity index (χ1v) is 6.80. The molecule has 1 rings (SSSR count). The molecule has 0 bridgehead atoms. The lowest BCUT2D eigenvalue weighted by atomic mass is 10.2. The zero-order valence-electron chi connectivity index (χ0n) is 7.83. The van der Waals surface area contributed by atoms with Crippen molar-refractivity contribution in [3.05, 3.63) is 28.2 Å². The molecule has 0 spiro atoms. The lowest BCUT2D eigenvalue weighted by Gasteiger charge is -2.03. The van der Waals surface area contributed by atoms with E-state index in [2.05, 4.69) is 15.9 Å². The van der Waals surface area contributed by atoms with Crippen LogP contribution in [0.25, 0.3) is 0 Å². The van der Waals surface area contributed by atoms with Crippen LogP contribution < -0.4 is 5.73 Å². The van der Waals surface area contributed by atoms with Gasteiger partial charge in [0.1, 0.15) is 0 Å². The first-order chi connectivity index (χ1) is 6.43. The van der Waals surface area contributed by atoms with Crippen molar-refractivity contribution in [2.75, 3.05) is 11.5 Å². The van der Waals surface area contributed by atoms with E-state index < -0.39 is 9.84 Å². The molecular weight excluding hydrogens is 266 g/mol. The molecule has 1 aromatic carbocycles. The fourth-order valence-corrected chi connectivity index (χ4v) is 2.55. The largest absolute Gasteiger partial charge is 0.399 e. The van der Waals surface area contributed by atoms with E-state index >= 15 is 0 Å². The molecule has 0 aliphatic carbocycles. The Morgan fingerprint density at radius 1 is 1.36 bits per heavy atom. The molecule has 0 saturated heterocycles. The number of anilines is 1. The first kappa shape index (κ1) is 11.5. The van der Waals surface area contributed by atoms with Crippen LogP contribution in [-0.4, -0.2) is 14.2 Å². The molecule has 2 N–H and O–H groups in total. The molecule has 0 aliphatic heterocycles. The summed E-state index contributed by atoms with van der Waals surface area (Å²) < 4.78 is 23.5. The Hall–Kier alpha value is -0.550. The second-order valence-corrected chi connectivity index (χ2v) is 6.34. The van der Waals surface area contributed by atoms with Crippen LogP contribution in [0.2, 0.25) is 0 Å². The van der Waals surface area contributed by atoms with Gasteiger partial charge in [0, 0.05) is 15.9 Å². The van der Waals surface area contributed by atoms with Gasteiger partial charge in [0.05, 0.1) is 5.75 Å². The summed E-state index contributed by atoms with van der Waals surface area (Å²) in [5.74, 6) is 0.201. The maximum Gasteiger partial charge on any atom is 0.154 e. The summed E-state index contributed by atoms with van der Waals surface area (Å²) in [6.45, 7) is 1.64. The number of hydrogen-bond acceptors (Lipinski definition) is 3. The zero-order chi connectivity index (χ0) is 10.8. The Morgan fingerprint density at radius 3 is 2.50 bits per heavy atom. The van der Waals surface area contributed by atoms with E-state index in [0.29, 0.717) is 5.69 Å². The Bertz CT molecular complexity index is 408. The van der Waals surface area contributed by atoms with Crippen LogP contribution in [-0.2, 0) is 15.6 Å². The molecule has 0 aliphatic rings. The van der Waals surface area contributed by atoms with Crippen LogP contribution in [0.5, 0.6) is 0 Å². The molecule has 5 heteroatoms. The summed E-state index contributed by atoms with van der Waals surface area (Å²) in [5, 5.41) is 0. The van der Waals surface area contributed by atoms with Gasteiger partial charge in [0.15, 0.2) is 9.84 Å². The van der Waals surface area contributed by atoms with Crippen LogP contribution >= 0.6 is 15.9 Å². The summed E-state index contributed by atoms with van der Waals surface area (Å²) in [6, 6.07) is 5.18. The average Bonchev–Trinajstić information content (AvgIpc) is 2.01. The fraction of sp³-hybridized carbons (Fsp3) is 0.333. The molecule has 0 amide bonds. The number of nitrogen functional groups attached to an aromatic ring is 1. The maximum atomic E-state index is 11.3. The third kappa shape index (κ3) is 3.31. The Morgan fingerprint density at radius 2 is 2.00 bits per heavy atom. The number of sulfone groups is 1. The predicted molar refractivity (Wildman–Crippen MR) is 61.7 cm³/mol. The molecule has 0 heterocycles. The van der Waals surface area contributed by atoms with E-state index in [9.17, 15) is 8.42 Å². The SMILES string of the molecule is CCS(=O)(=O)Cc1cc(N)cc(Br)c1. The van der Waals surface area contributed by atoms with Crippen molar-refractivity contribution < 1.29 is 8.42 Å². The number of halogens is 1. The standard InChI is InChI=1S/C9H12BrNO2S/c1-2-14(12,13)6-7-3-8(10)5-9(11)4-7/h3-5H,2,6,11H2,1H3. The zero-order valence-corrected chi connectivity index (χ0v) is 10.2. The highest BCUT2D eigenvalue weighted by Gasteiger charge is 2.09. The Labute approximate surface area is 92.4 Å². The highest BCUT2D eigenvalue weighted by molar-refractivity contribution is 9.10. The second-order valence-electron chi connectivity index (χ2n) is 3.07. The van der Waals surface area contributed by atoms with Crippen LogP contribution in [0.3, 0.4) is 0 Å². The van der Waals surface area contributed by atoms with Crippen molar-refractivity contribution in [1.82, 2.24) is 0 Å². The molecule has 1 aromatic rings. The molecule has 3 nitrogen and oxygen atoms in total. The number of rotatable bonds is 3. The highest BCUT2D eigenvalue weighted by atomic mass is 79.9. The van der Waals surface area contributed by atoms with Gasteiger partial charge in [-0.05, 0) is 23.8 Å². The van der Waals surface area contributed by atoms with Gasteiger partial charge >= 0.3 is 0 Å². The second kappa shape index (κ2) is 4.31. The van der Waals surface area contributed by atoms with Gasteiger partial charge in [-0.2, -0.15) is 0 Å². The molecule has 0 atom stereocenters. The molecule has 0 radical (unpaired) electrons. The van der Waals surface area contributed by atoms with Crippen molar-refractivity contribution in [3.63, 3.8) is 0 Å². The number of nitrogens with two attached hydrogens (primary N) is 1. The number of benzene rings is 1. The van der Waals surface area contributed by atoms with Crippen LogP contribution in [0.1, 0.15) is 12.5 Å². The van der Waals surface area contributed by atoms with Crippen LogP contribution in [0, 0.1) is 0 Å². The lowest BCUT2D eigenvalue weighted by Crippen LogP contribution is -2.06. The molecule has 14 heavy (non-hydrogen) atoms. The lowest BCUT2D eigenvalue weighted by molar-refractivity contribution is 0.596. The molecule has 0 saturated carbocycles. The van der Waals surface area contributed by atoms with E-state index in [1.807, 2.05) is 0 Å². The average molecular weight is 278 g/mol. The van der Waals surface area contributed by atoms with Crippen molar-refractivity contribution in [2.45, 2.75) is 12.7 Å². The Balaban J connectivity index is 2.98. The molecule has 0 unspecified atom stereocenters. The van der Waals surface area contributed by atoms with Gasteiger partial charge in [0.2, 0.25) is 0 Å². The van der Waals surface area contributed by atoms with Crippen LogP contribution in [0.15, 0.2) is 22.7 Å². The molecular formula is C9H12BrNO2S. The smallest absolute Gasteiger partial charge is 0.154 e. The normalized spacial score (nSPS) is 11.6. The van der Waals surface area contributed by atoms with Crippen molar-refractivity contribution in [2.24, 2.45) is 0 Å². The monoisotopic (exact) mass is 277 g/mol. The minimum Gasteiger partial charge on any atom is -0.399 e. The van der Waals surface area contributed by atoms with E-state index in [0.717, 1.165) is 10.0 Å². The quantitative estimate of drug-likeness (QED) is 0.860. The topological polar surface area (TPSA) is 60.2 Å². The summed E-state index contributed by atoms with van der Waals surface area (Å²) in [5.41, 5.74) is 6.89. The minimum atomic E-state index is -2.98. The summed E-state index contributed by atoms with van der Waals surface area (Å²) in [6.07, 6.45) is 0. The maximum absolute atomic E-state index is 11.3. The molecule has 78 valence electrons. The van der Waals surface area contributed by atoms with E-state index in [1.54, 1.807) is 25.1 Å². The van der Waals surface area contributed by atoms with Crippen molar-refractivity contribution in [1.29, 1.82) is 0 Å². The van der Waals surface area contributed by atoms with E-state index in [1.165, 1.54) is 0 Å². The van der Waals surface area contributed by atoms with Crippen LogP contribution in [0.4, 0.5) is 5.69 Å². The van der Waals surface area contributed by atoms with Gasteiger partial charge in [-0.3, -0.25) is 0 Å². The van der Waals surface area contributed by atoms with E-state index in [-0.39, 0.29) is 11.5 Å².